The minimum atomic E-state index is -1.20. The predicted molar refractivity (Wildman–Crippen MR) is 136 cm³/mol. The summed E-state index contributed by atoms with van der Waals surface area (Å²) in [5, 5.41) is 31.0. The molecule has 0 aliphatic rings. The normalized spacial score (nSPS) is 11.8. The first kappa shape index (κ1) is 24.9. The molecular weight excluding hydrogens is 456 g/mol. The number of carboxylic acids is 2. The van der Waals surface area contributed by atoms with Crippen LogP contribution in [0.25, 0.3) is 11.1 Å². The number of nitrogens with zero attached hydrogens (tertiary/aromatic N) is 2. The highest BCUT2D eigenvalue weighted by molar-refractivity contribution is 5.96. The smallest absolute Gasteiger partial charge is 0.354 e. The summed E-state index contributed by atoms with van der Waals surface area (Å²) in [4.78, 5) is 29.1. The molecule has 0 aliphatic carbocycles. The van der Waals surface area contributed by atoms with E-state index in [1.165, 1.54) is 0 Å². The highest BCUT2D eigenvalue weighted by Gasteiger charge is 2.28. The third kappa shape index (κ3) is 5.21. The maximum Gasteiger partial charge on any atom is 0.354 e. The molecule has 0 spiro atoms. The van der Waals surface area contributed by atoms with E-state index in [4.69, 9.17) is 0 Å². The number of aryl methyl sites for hydroxylation is 1. The van der Waals surface area contributed by atoms with Gasteiger partial charge in [-0.05, 0) is 34.7 Å². The van der Waals surface area contributed by atoms with Crippen molar-refractivity contribution in [3.05, 3.63) is 113 Å². The summed E-state index contributed by atoms with van der Waals surface area (Å²) in [6.45, 7) is 2.15. The number of aliphatic hydroxyl groups excluding tert-OH is 1. The maximum atomic E-state index is 12.4. The molecule has 1 heterocycles. The fourth-order valence-corrected chi connectivity index (χ4v) is 4.34. The predicted octanol–water partition coefficient (Wildman–Crippen LogP) is 5.42. The van der Waals surface area contributed by atoms with Crippen LogP contribution < -0.4 is 0 Å². The molecule has 4 rings (SSSR count). The topological polar surface area (TPSA) is 113 Å². The van der Waals surface area contributed by atoms with Gasteiger partial charge < -0.3 is 19.9 Å². The van der Waals surface area contributed by atoms with Crippen LogP contribution in [0.4, 0.5) is 0 Å². The van der Waals surface area contributed by atoms with Crippen LogP contribution in [0, 0.1) is 0 Å². The van der Waals surface area contributed by atoms with Gasteiger partial charge in [-0.15, -0.1) is 0 Å². The van der Waals surface area contributed by atoms with Crippen LogP contribution in [0.1, 0.15) is 69.4 Å². The molecule has 0 radical (unpaired) electrons. The zero-order chi connectivity index (χ0) is 25.7. The summed E-state index contributed by atoms with van der Waals surface area (Å²) in [6, 6.07) is 23.2. The number of imidazole rings is 1. The van der Waals surface area contributed by atoms with Crippen molar-refractivity contribution >= 4 is 11.9 Å². The minimum absolute atomic E-state index is 0.0826. The Kier molecular flexibility index (Phi) is 7.61. The van der Waals surface area contributed by atoms with Gasteiger partial charge in [-0.3, -0.25) is 0 Å². The highest BCUT2D eigenvalue weighted by atomic mass is 16.4. The summed E-state index contributed by atoms with van der Waals surface area (Å²) in [5.74, 6) is -1.72. The van der Waals surface area contributed by atoms with E-state index in [0.29, 0.717) is 28.9 Å². The van der Waals surface area contributed by atoms with Gasteiger partial charge in [0, 0.05) is 13.0 Å². The van der Waals surface area contributed by atoms with E-state index in [1.54, 1.807) is 47.0 Å². The molecule has 1 aromatic heterocycles. The third-order valence-electron chi connectivity index (χ3n) is 6.14. The van der Waals surface area contributed by atoms with Crippen molar-refractivity contribution in [2.45, 2.75) is 38.8 Å². The minimum Gasteiger partial charge on any atom is -0.478 e. The quantitative estimate of drug-likeness (QED) is 0.277. The Hall–Kier alpha value is -4.23. The van der Waals surface area contributed by atoms with Crippen molar-refractivity contribution in [2.75, 3.05) is 0 Å². The lowest BCUT2D eigenvalue weighted by Gasteiger charge is -2.14. The number of aromatic carboxylic acids is 2. The zero-order valence-corrected chi connectivity index (χ0v) is 20.0. The van der Waals surface area contributed by atoms with Crippen molar-refractivity contribution in [1.82, 2.24) is 9.55 Å². The summed E-state index contributed by atoms with van der Waals surface area (Å²) in [7, 11) is 0. The van der Waals surface area contributed by atoms with E-state index in [0.717, 1.165) is 18.4 Å². The zero-order valence-electron chi connectivity index (χ0n) is 20.0. The molecule has 7 nitrogen and oxygen atoms in total. The Morgan fingerprint density at radius 1 is 0.917 bits per heavy atom. The molecule has 36 heavy (non-hydrogen) atoms. The van der Waals surface area contributed by atoms with E-state index in [1.807, 2.05) is 43.3 Å². The van der Waals surface area contributed by atoms with Gasteiger partial charge in [0.2, 0.25) is 0 Å². The SMILES string of the molecule is CCCCc1nc(C(O)c2ccccc2)c(C(=O)O)n1Cc1ccc(-c2ccccc2)c(C(=O)O)c1. The van der Waals surface area contributed by atoms with E-state index < -0.39 is 18.0 Å². The molecule has 7 heteroatoms. The molecule has 0 saturated heterocycles. The fraction of sp³-hybridized carbons (Fsp3) is 0.207. The van der Waals surface area contributed by atoms with Crippen molar-refractivity contribution < 1.29 is 24.9 Å². The molecule has 0 saturated carbocycles. The number of rotatable bonds is 10. The number of hydrogen-bond acceptors (Lipinski definition) is 4. The number of carbonyl (C=O) groups is 2. The largest absolute Gasteiger partial charge is 0.478 e. The van der Waals surface area contributed by atoms with Gasteiger partial charge in [0.1, 0.15) is 17.6 Å². The van der Waals surface area contributed by atoms with Crippen molar-refractivity contribution in [3.8, 4) is 11.1 Å². The van der Waals surface area contributed by atoms with Crippen molar-refractivity contribution in [3.63, 3.8) is 0 Å². The van der Waals surface area contributed by atoms with Gasteiger partial charge >= 0.3 is 11.9 Å². The second-order valence-corrected chi connectivity index (χ2v) is 8.62. The number of unbranched alkanes of at least 4 members (excludes halogenated alkanes) is 1. The van der Waals surface area contributed by atoms with Gasteiger partial charge in [0.05, 0.1) is 5.56 Å². The van der Waals surface area contributed by atoms with Crippen LogP contribution in [0.3, 0.4) is 0 Å². The van der Waals surface area contributed by atoms with Crippen LogP contribution >= 0.6 is 0 Å². The Morgan fingerprint density at radius 2 is 1.58 bits per heavy atom. The lowest BCUT2D eigenvalue weighted by Crippen LogP contribution is -2.15. The molecule has 1 unspecified atom stereocenters. The van der Waals surface area contributed by atoms with E-state index in [9.17, 15) is 24.9 Å². The number of carboxylic acid groups (broad SMARTS) is 2. The van der Waals surface area contributed by atoms with E-state index >= 15 is 0 Å². The number of aliphatic hydroxyl groups is 1. The first-order chi connectivity index (χ1) is 17.4. The molecule has 3 N–H and O–H groups in total. The van der Waals surface area contributed by atoms with Gasteiger partial charge in [-0.25, -0.2) is 14.6 Å². The third-order valence-corrected chi connectivity index (χ3v) is 6.14. The monoisotopic (exact) mass is 484 g/mol. The fourth-order valence-electron chi connectivity index (χ4n) is 4.34. The lowest BCUT2D eigenvalue weighted by atomic mass is 9.97. The summed E-state index contributed by atoms with van der Waals surface area (Å²) in [6.07, 6.45) is 1.02. The van der Waals surface area contributed by atoms with Gasteiger partial charge in [0.25, 0.3) is 0 Å². The van der Waals surface area contributed by atoms with E-state index in [2.05, 4.69) is 4.98 Å². The standard InChI is InChI=1S/C29H28N2O5/c1-2-3-14-24-30-25(27(32)21-12-8-5-9-13-21)26(29(35)36)31(24)18-19-15-16-22(23(17-19)28(33)34)20-10-6-4-7-11-20/h4-13,15-17,27,32H,2-3,14,18H2,1H3,(H,33,34)(H,35,36). The average Bonchev–Trinajstić information content (AvgIpc) is 3.26. The summed E-state index contributed by atoms with van der Waals surface area (Å²) >= 11 is 0. The van der Waals surface area contributed by atoms with Crippen molar-refractivity contribution in [2.24, 2.45) is 0 Å². The summed E-state index contributed by atoms with van der Waals surface area (Å²) < 4.78 is 1.59. The molecule has 0 amide bonds. The molecule has 1 atom stereocenters. The lowest BCUT2D eigenvalue weighted by molar-refractivity contribution is 0.0673. The number of aromatic nitrogens is 2. The molecule has 0 bridgehead atoms. The maximum absolute atomic E-state index is 12.4. The Labute approximate surface area is 209 Å². The molecule has 0 fully saturated rings. The van der Waals surface area contributed by atoms with Crippen molar-refractivity contribution in [1.29, 1.82) is 0 Å². The van der Waals surface area contributed by atoms with Crippen LogP contribution in [0.2, 0.25) is 0 Å². The van der Waals surface area contributed by atoms with Crippen LogP contribution in [-0.2, 0) is 13.0 Å². The second-order valence-electron chi connectivity index (χ2n) is 8.62. The van der Waals surface area contributed by atoms with Gasteiger partial charge in [0.15, 0.2) is 5.69 Å². The Bertz CT molecular complexity index is 1360. The Balaban J connectivity index is 1.80. The van der Waals surface area contributed by atoms with Crippen LogP contribution in [0.15, 0.2) is 78.9 Å². The molecule has 4 aromatic rings. The number of benzene rings is 3. The van der Waals surface area contributed by atoms with Crippen LogP contribution in [-0.4, -0.2) is 36.8 Å². The van der Waals surface area contributed by atoms with Gasteiger partial charge in [-0.1, -0.05) is 86.1 Å². The van der Waals surface area contributed by atoms with E-state index in [-0.39, 0.29) is 23.5 Å². The van der Waals surface area contributed by atoms with Crippen LogP contribution in [0.5, 0.6) is 0 Å². The first-order valence-corrected chi connectivity index (χ1v) is 11.9. The number of hydrogen-bond donors (Lipinski definition) is 3. The highest BCUT2D eigenvalue weighted by Crippen LogP contribution is 2.29. The second kappa shape index (κ2) is 11.0. The first-order valence-electron chi connectivity index (χ1n) is 11.9. The summed E-state index contributed by atoms with van der Waals surface area (Å²) in [5.41, 5.74) is 2.67. The Morgan fingerprint density at radius 3 is 2.19 bits per heavy atom. The van der Waals surface area contributed by atoms with Gasteiger partial charge in [-0.2, -0.15) is 0 Å². The average molecular weight is 485 g/mol. The molecule has 0 aliphatic heterocycles. The molecular formula is C29H28N2O5. The molecule has 184 valence electrons. The molecule has 3 aromatic carbocycles.